The van der Waals surface area contributed by atoms with Crippen molar-refractivity contribution in [3.8, 4) is 0 Å². The summed E-state index contributed by atoms with van der Waals surface area (Å²) < 4.78 is 9.56. The smallest absolute Gasteiger partial charge is 0.407 e. The third kappa shape index (κ3) is 12.6. The Balaban J connectivity index is 3.28. The molecule has 0 aromatic carbocycles. The number of esters is 1. The molecule has 0 aromatic heterocycles. The standard InChI is InChI=1S/C13H22N2O5/c1-2-12(17)19-9-10-20-13(18)15-8-6-4-3-5-7-14-11-16/h2-10H2,1H3,(H,15,18). The Morgan fingerprint density at radius 1 is 1.10 bits per heavy atom. The van der Waals surface area contributed by atoms with Crippen molar-refractivity contribution in [2.45, 2.75) is 39.0 Å². The largest absolute Gasteiger partial charge is 0.462 e. The monoisotopic (exact) mass is 286 g/mol. The van der Waals surface area contributed by atoms with E-state index in [0.29, 0.717) is 19.5 Å². The molecule has 0 atom stereocenters. The van der Waals surface area contributed by atoms with Gasteiger partial charge >= 0.3 is 12.1 Å². The van der Waals surface area contributed by atoms with Gasteiger partial charge in [0.1, 0.15) is 13.2 Å². The molecule has 7 heteroatoms. The molecule has 114 valence electrons. The van der Waals surface area contributed by atoms with E-state index in [2.05, 4.69) is 10.3 Å². The molecule has 0 rings (SSSR count). The second-order valence-electron chi connectivity index (χ2n) is 4.02. The predicted molar refractivity (Wildman–Crippen MR) is 72.1 cm³/mol. The maximum Gasteiger partial charge on any atom is 0.407 e. The van der Waals surface area contributed by atoms with Crippen molar-refractivity contribution in [1.29, 1.82) is 0 Å². The first-order chi connectivity index (χ1) is 9.70. The van der Waals surface area contributed by atoms with Gasteiger partial charge in [0, 0.05) is 13.0 Å². The highest BCUT2D eigenvalue weighted by Gasteiger charge is 2.02. The number of hydrogen-bond acceptors (Lipinski definition) is 6. The molecule has 0 bridgehead atoms. The first-order valence-corrected chi connectivity index (χ1v) is 6.80. The van der Waals surface area contributed by atoms with Crippen LogP contribution in [0.5, 0.6) is 0 Å². The molecule has 1 N–H and O–H groups in total. The highest BCUT2D eigenvalue weighted by Crippen LogP contribution is 1.98. The van der Waals surface area contributed by atoms with Gasteiger partial charge < -0.3 is 14.8 Å². The molecule has 0 saturated carbocycles. The molecule has 0 radical (unpaired) electrons. The SMILES string of the molecule is CCC(=O)OCCOC(=O)NCCCCCCN=C=O. The van der Waals surface area contributed by atoms with Gasteiger partial charge in [-0.25, -0.2) is 14.6 Å². The van der Waals surface area contributed by atoms with Gasteiger partial charge in [0.05, 0.1) is 6.54 Å². The molecule has 0 heterocycles. The summed E-state index contributed by atoms with van der Waals surface area (Å²) in [5.41, 5.74) is 0. The molecular formula is C13H22N2O5. The summed E-state index contributed by atoms with van der Waals surface area (Å²) in [6.45, 7) is 2.87. The quantitative estimate of drug-likeness (QED) is 0.269. The second kappa shape index (κ2) is 13.5. The number of ether oxygens (including phenoxy) is 2. The Labute approximate surface area is 118 Å². The fourth-order valence-corrected chi connectivity index (χ4v) is 1.35. The number of aliphatic imine (C=N–C) groups is 1. The van der Waals surface area contributed by atoms with Crippen LogP contribution in [0.1, 0.15) is 39.0 Å². The summed E-state index contributed by atoms with van der Waals surface area (Å²) >= 11 is 0. The minimum absolute atomic E-state index is 0.0568. The van der Waals surface area contributed by atoms with Crippen molar-refractivity contribution in [2.24, 2.45) is 4.99 Å². The zero-order valence-electron chi connectivity index (χ0n) is 11.9. The van der Waals surface area contributed by atoms with Crippen LogP contribution >= 0.6 is 0 Å². The summed E-state index contributed by atoms with van der Waals surface area (Å²) in [6, 6.07) is 0. The summed E-state index contributed by atoms with van der Waals surface area (Å²) in [6.07, 6.45) is 4.88. The van der Waals surface area contributed by atoms with Gasteiger partial charge in [0.25, 0.3) is 0 Å². The molecule has 0 aromatic rings. The number of nitrogens with one attached hydrogen (secondary N) is 1. The van der Waals surface area contributed by atoms with E-state index >= 15 is 0 Å². The molecule has 0 unspecified atom stereocenters. The Morgan fingerprint density at radius 3 is 2.50 bits per heavy atom. The molecule has 0 saturated heterocycles. The first-order valence-electron chi connectivity index (χ1n) is 6.80. The molecule has 0 spiro atoms. The number of carbonyl (C=O) groups excluding carboxylic acids is 3. The van der Waals surface area contributed by atoms with Crippen molar-refractivity contribution in [3.05, 3.63) is 0 Å². The molecule has 0 aliphatic heterocycles. The van der Waals surface area contributed by atoms with Crippen LogP contribution in [-0.4, -0.2) is 44.4 Å². The van der Waals surface area contributed by atoms with Crippen LogP contribution in [0.2, 0.25) is 0 Å². The lowest BCUT2D eigenvalue weighted by atomic mass is 10.2. The Morgan fingerprint density at radius 2 is 1.80 bits per heavy atom. The van der Waals surface area contributed by atoms with Crippen LogP contribution in [0, 0.1) is 0 Å². The topological polar surface area (TPSA) is 94.1 Å². The van der Waals surface area contributed by atoms with E-state index in [1.54, 1.807) is 6.92 Å². The third-order valence-electron chi connectivity index (χ3n) is 2.40. The number of carbonyl (C=O) groups is 2. The highest BCUT2D eigenvalue weighted by molar-refractivity contribution is 5.69. The van der Waals surface area contributed by atoms with E-state index in [-0.39, 0.29) is 19.2 Å². The molecule has 0 aliphatic carbocycles. The number of amides is 1. The van der Waals surface area contributed by atoms with Crippen molar-refractivity contribution in [2.75, 3.05) is 26.3 Å². The molecular weight excluding hydrogens is 264 g/mol. The first kappa shape index (κ1) is 18.1. The lowest BCUT2D eigenvalue weighted by Crippen LogP contribution is -2.26. The highest BCUT2D eigenvalue weighted by atomic mass is 16.6. The van der Waals surface area contributed by atoms with E-state index < -0.39 is 6.09 Å². The average molecular weight is 286 g/mol. The lowest BCUT2D eigenvalue weighted by molar-refractivity contribution is -0.144. The lowest BCUT2D eigenvalue weighted by Gasteiger charge is -2.07. The van der Waals surface area contributed by atoms with Crippen molar-refractivity contribution >= 4 is 18.1 Å². The average Bonchev–Trinajstić information content (AvgIpc) is 2.46. The molecule has 7 nitrogen and oxygen atoms in total. The van der Waals surface area contributed by atoms with Crippen LogP contribution in [-0.2, 0) is 19.1 Å². The van der Waals surface area contributed by atoms with Crippen molar-refractivity contribution in [3.63, 3.8) is 0 Å². The van der Waals surface area contributed by atoms with E-state index in [1.165, 1.54) is 6.08 Å². The van der Waals surface area contributed by atoms with Crippen LogP contribution in [0.15, 0.2) is 4.99 Å². The van der Waals surface area contributed by atoms with E-state index in [9.17, 15) is 14.4 Å². The number of nitrogens with zero attached hydrogens (tertiary/aromatic N) is 1. The maximum absolute atomic E-state index is 11.2. The Bertz CT molecular complexity index is 327. The zero-order chi connectivity index (χ0) is 15.1. The fourth-order valence-electron chi connectivity index (χ4n) is 1.35. The number of rotatable bonds is 11. The van der Waals surface area contributed by atoms with Crippen LogP contribution in [0.4, 0.5) is 4.79 Å². The van der Waals surface area contributed by atoms with Gasteiger partial charge in [-0.1, -0.05) is 19.8 Å². The Hall–Kier alpha value is -1.88. The minimum atomic E-state index is -0.511. The van der Waals surface area contributed by atoms with Gasteiger partial charge in [-0.05, 0) is 12.8 Å². The van der Waals surface area contributed by atoms with Gasteiger partial charge in [-0.3, -0.25) is 4.79 Å². The minimum Gasteiger partial charge on any atom is -0.462 e. The third-order valence-corrected chi connectivity index (χ3v) is 2.40. The van der Waals surface area contributed by atoms with E-state index in [4.69, 9.17) is 9.47 Å². The molecule has 20 heavy (non-hydrogen) atoms. The summed E-state index contributed by atoms with van der Waals surface area (Å²) in [7, 11) is 0. The Kier molecular flexibility index (Phi) is 12.3. The number of isocyanates is 1. The normalized spacial score (nSPS) is 9.45. The maximum atomic E-state index is 11.2. The summed E-state index contributed by atoms with van der Waals surface area (Å²) in [5, 5.41) is 2.60. The summed E-state index contributed by atoms with van der Waals surface area (Å²) in [5.74, 6) is -0.312. The number of unbranched alkanes of at least 4 members (excludes halogenated alkanes) is 3. The van der Waals surface area contributed by atoms with E-state index in [0.717, 1.165) is 25.7 Å². The van der Waals surface area contributed by atoms with Crippen LogP contribution in [0.25, 0.3) is 0 Å². The number of alkyl carbamates (subject to hydrolysis) is 1. The zero-order valence-corrected chi connectivity index (χ0v) is 11.9. The molecule has 1 amide bonds. The molecule has 0 fully saturated rings. The van der Waals surface area contributed by atoms with Gasteiger partial charge in [0.2, 0.25) is 6.08 Å². The van der Waals surface area contributed by atoms with Gasteiger partial charge in [-0.15, -0.1) is 0 Å². The van der Waals surface area contributed by atoms with Crippen molar-refractivity contribution < 1.29 is 23.9 Å². The van der Waals surface area contributed by atoms with Crippen LogP contribution < -0.4 is 5.32 Å². The van der Waals surface area contributed by atoms with Crippen LogP contribution in [0.3, 0.4) is 0 Å². The van der Waals surface area contributed by atoms with Gasteiger partial charge in [0.15, 0.2) is 0 Å². The number of hydrogen-bond donors (Lipinski definition) is 1. The molecule has 0 aliphatic rings. The second-order valence-corrected chi connectivity index (χ2v) is 4.02. The van der Waals surface area contributed by atoms with E-state index in [1.807, 2.05) is 0 Å². The fraction of sp³-hybridized carbons (Fsp3) is 0.769. The predicted octanol–water partition coefficient (Wildman–Crippen LogP) is 1.56. The van der Waals surface area contributed by atoms with Crippen molar-refractivity contribution in [1.82, 2.24) is 5.32 Å². The van der Waals surface area contributed by atoms with Gasteiger partial charge in [-0.2, -0.15) is 0 Å². The summed E-state index contributed by atoms with van der Waals surface area (Å²) in [4.78, 5) is 35.2.